The van der Waals surface area contributed by atoms with E-state index in [2.05, 4.69) is 25.5 Å². The number of hydrogen-bond donors (Lipinski definition) is 1. The second kappa shape index (κ2) is 8.72. The second-order valence-electron chi connectivity index (χ2n) is 6.90. The molecule has 0 saturated carbocycles. The summed E-state index contributed by atoms with van der Waals surface area (Å²) in [5, 5.41) is 15.8. The van der Waals surface area contributed by atoms with Gasteiger partial charge in [-0.15, -0.1) is 10.2 Å². The van der Waals surface area contributed by atoms with E-state index in [1.165, 1.54) is 0 Å². The van der Waals surface area contributed by atoms with Gasteiger partial charge >= 0.3 is 0 Å². The molecule has 1 N–H and O–H groups in total. The van der Waals surface area contributed by atoms with Crippen molar-refractivity contribution in [3.05, 3.63) is 54.9 Å². The molecule has 1 aliphatic heterocycles. The summed E-state index contributed by atoms with van der Waals surface area (Å²) in [6.07, 6.45) is 5.30. The maximum atomic E-state index is 12.9. The van der Waals surface area contributed by atoms with Crippen LogP contribution in [0.2, 0.25) is 0 Å². The molecule has 8 heteroatoms. The maximum Gasteiger partial charge on any atom is 0.229 e. The number of carbonyl (C=O) groups is 1. The number of benzene rings is 1. The number of aromatic nitrogens is 4. The zero-order valence-electron chi connectivity index (χ0n) is 16.4. The van der Waals surface area contributed by atoms with Crippen molar-refractivity contribution in [2.45, 2.75) is 19.8 Å². The molecule has 8 nitrogen and oxygen atoms in total. The largest absolute Gasteiger partial charge is 0.492 e. The minimum Gasteiger partial charge on any atom is -0.492 e. The standard InChI is InChI=1S/C21H24N6O2/c1-2-29-18-9-4-3-8-17(18)23-21(28)16-7-5-13-26(15-16)19-10-11-20(25-24-19)27-14-6-12-22-27/h3-4,6,8-12,14,16H,2,5,7,13,15H2,1H3,(H,23,28). The van der Waals surface area contributed by atoms with Gasteiger partial charge in [0.1, 0.15) is 5.75 Å². The highest BCUT2D eigenvalue weighted by Gasteiger charge is 2.27. The predicted octanol–water partition coefficient (Wildman–Crippen LogP) is 2.92. The van der Waals surface area contributed by atoms with Gasteiger partial charge in [-0.1, -0.05) is 12.1 Å². The number of nitrogens with zero attached hydrogens (tertiary/aromatic N) is 5. The Balaban J connectivity index is 1.42. The number of piperidine rings is 1. The van der Waals surface area contributed by atoms with Crippen molar-refractivity contribution < 1.29 is 9.53 Å². The molecule has 0 spiro atoms. The molecule has 4 rings (SSSR count). The summed E-state index contributed by atoms with van der Waals surface area (Å²) in [6.45, 7) is 3.95. The summed E-state index contributed by atoms with van der Waals surface area (Å²) in [4.78, 5) is 15.0. The van der Waals surface area contributed by atoms with Gasteiger partial charge < -0.3 is 15.0 Å². The Morgan fingerprint density at radius 2 is 2.00 bits per heavy atom. The summed E-state index contributed by atoms with van der Waals surface area (Å²) in [7, 11) is 0. The van der Waals surface area contributed by atoms with Crippen LogP contribution in [0.3, 0.4) is 0 Å². The van der Waals surface area contributed by atoms with E-state index in [1.54, 1.807) is 10.9 Å². The highest BCUT2D eigenvalue weighted by Crippen LogP contribution is 2.27. The number of hydrogen-bond acceptors (Lipinski definition) is 6. The molecule has 150 valence electrons. The van der Waals surface area contributed by atoms with Crippen LogP contribution in [0.25, 0.3) is 5.82 Å². The van der Waals surface area contributed by atoms with Crippen LogP contribution in [0.15, 0.2) is 54.9 Å². The minimum absolute atomic E-state index is 0.00275. The highest BCUT2D eigenvalue weighted by atomic mass is 16.5. The van der Waals surface area contributed by atoms with Crippen LogP contribution in [0.1, 0.15) is 19.8 Å². The molecule has 1 aliphatic rings. The molecule has 2 aromatic heterocycles. The van der Waals surface area contributed by atoms with Crippen LogP contribution < -0.4 is 15.0 Å². The molecule has 1 atom stereocenters. The topological polar surface area (TPSA) is 85.2 Å². The Morgan fingerprint density at radius 1 is 1.17 bits per heavy atom. The molecular weight excluding hydrogens is 368 g/mol. The molecule has 1 saturated heterocycles. The molecule has 0 bridgehead atoms. The predicted molar refractivity (Wildman–Crippen MR) is 110 cm³/mol. The molecule has 1 amide bonds. The smallest absolute Gasteiger partial charge is 0.229 e. The number of nitrogens with one attached hydrogen (secondary N) is 1. The molecule has 3 heterocycles. The molecular formula is C21H24N6O2. The molecule has 3 aromatic rings. The fraction of sp³-hybridized carbons (Fsp3) is 0.333. The van der Waals surface area contributed by atoms with Crippen molar-refractivity contribution in [3.63, 3.8) is 0 Å². The summed E-state index contributed by atoms with van der Waals surface area (Å²) in [6, 6.07) is 13.2. The van der Waals surface area contributed by atoms with Gasteiger partial charge in [-0.25, -0.2) is 4.68 Å². The van der Waals surface area contributed by atoms with E-state index < -0.39 is 0 Å². The minimum atomic E-state index is -0.119. The van der Waals surface area contributed by atoms with Gasteiger partial charge in [0, 0.05) is 25.5 Å². The Morgan fingerprint density at radius 3 is 2.76 bits per heavy atom. The average Bonchev–Trinajstić information content (AvgIpc) is 3.30. The molecule has 0 aliphatic carbocycles. The highest BCUT2D eigenvalue weighted by molar-refractivity contribution is 5.94. The number of para-hydroxylation sites is 2. The first-order valence-corrected chi connectivity index (χ1v) is 9.86. The second-order valence-corrected chi connectivity index (χ2v) is 6.90. The first kappa shape index (κ1) is 18.9. The SMILES string of the molecule is CCOc1ccccc1NC(=O)C1CCCN(c2ccc(-n3cccn3)nn2)C1. The van der Waals surface area contributed by atoms with E-state index in [4.69, 9.17) is 4.74 Å². The zero-order chi connectivity index (χ0) is 20.1. The lowest BCUT2D eigenvalue weighted by atomic mass is 9.97. The van der Waals surface area contributed by atoms with Crippen molar-refractivity contribution in [2.75, 3.05) is 29.9 Å². The van der Waals surface area contributed by atoms with Crippen molar-refractivity contribution in [3.8, 4) is 11.6 Å². The van der Waals surface area contributed by atoms with E-state index in [0.717, 1.165) is 25.2 Å². The monoisotopic (exact) mass is 392 g/mol. The lowest BCUT2D eigenvalue weighted by Crippen LogP contribution is -2.41. The number of anilines is 2. The van der Waals surface area contributed by atoms with Crippen molar-refractivity contribution >= 4 is 17.4 Å². The van der Waals surface area contributed by atoms with Crippen LogP contribution >= 0.6 is 0 Å². The summed E-state index contributed by atoms with van der Waals surface area (Å²) < 4.78 is 7.27. The van der Waals surface area contributed by atoms with Crippen LogP contribution in [0.5, 0.6) is 5.75 Å². The Kier molecular flexibility index (Phi) is 5.69. The van der Waals surface area contributed by atoms with E-state index >= 15 is 0 Å². The van der Waals surface area contributed by atoms with E-state index in [0.29, 0.717) is 30.4 Å². The van der Waals surface area contributed by atoms with Crippen LogP contribution in [-0.4, -0.2) is 45.6 Å². The number of amides is 1. The van der Waals surface area contributed by atoms with Gasteiger partial charge in [0.05, 0.1) is 18.2 Å². The third kappa shape index (κ3) is 4.37. The number of ether oxygens (including phenoxy) is 1. The third-order valence-corrected chi connectivity index (χ3v) is 4.94. The van der Waals surface area contributed by atoms with Gasteiger partial charge in [-0.3, -0.25) is 4.79 Å². The molecule has 1 fully saturated rings. The van der Waals surface area contributed by atoms with Crippen LogP contribution in [0, 0.1) is 5.92 Å². The van der Waals surface area contributed by atoms with Gasteiger partial charge in [0.25, 0.3) is 0 Å². The van der Waals surface area contributed by atoms with E-state index in [-0.39, 0.29) is 11.8 Å². The first-order chi connectivity index (χ1) is 14.2. The van der Waals surface area contributed by atoms with Crippen molar-refractivity contribution in [2.24, 2.45) is 5.92 Å². The fourth-order valence-corrected chi connectivity index (χ4v) is 3.50. The fourth-order valence-electron chi connectivity index (χ4n) is 3.50. The summed E-state index contributed by atoms with van der Waals surface area (Å²) in [5.74, 6) is 2.01. The van der Waals surface area contributed by atoms with E-state index in [1.807, 2.05) is 55.6 Å². The van der Waals surface area contributed by atoms with Crippen molar-refractivity contribution in [1.82, 2.24) is 20.0 Å². The first-order valence-electron chi connectivity index (χ1n) is 9.86. The maximum absolute atomic E-state index is 12.9. The number of rotatable bonds is 6. The Bertz CT molecular complexity index is 942. The quantitative estimate of drug-likeness (QED) is 0.694. The molecule has 0 radical (unpaired) electrons. The van der Waals surface area contributed by atoms with Gasteiger partial charge in [-0.2, -0.15) is 5.10 Å². The molecule has 29 heavy (non-hydrogen) atoms. The Hall–Kier alpha value is -3.42. The third-order valence-electron chi connectivity index (χ3n) is 4.94. The average molecular weight is 392 g/mol. The summed E-state index contributed by atoms with van der Waals surface area (Å²) in [5.41, 5.74) is 0.708. The normalized spacial score (nSPS) is 16.4. The number of carbonyl (C=O) groups excluding carboxylic acids is 1. The van der Waals surface area contributed by atoms with Gasteiger partial charge in [0.2, 0.25) is 5.91 Å². The zero-order valence-corrected chi connectivity index (χ0v) is 16.4. The Labute approximate surface area is 169 Å². The van der Waals surface area contributed by atoms with Crippen LogP contribution in [0.4, 0.5) is 11.5 Å². The molecule has 1 aromatic carbocycles. The van der Waals surface area contributed by atoms with Gasteiger partial charge in [0.15, 0.2) is 11.6 Å². The van der Waals surface area contributed by atoms with Crippen LogP contribution in [-0.2, 0) is 4.79 Å². The van der Waals surface area contributed by atoms with Gasteiger partial charge in [-0.05, 0) is 50.1 Å². The van der Waals surface area contributed by atoms with Crippen molar-refractivity contribution in [1.29, 1.82) is 0 Å². The lowest BCUT2D eigenvalue weighted by molar-refractivity contribution is -0.120. The molecule has 1 unspecified atom stereocenters. The summed E-state index contributed by atoms with van der Waals surface area (Å²) >= 11 is 0. The van der Waals surface area contributed by atoms with E-state index in [9.17, 15) is 4.79 Å². The lowest BCUT2D eigenvalue weighted by Gasteiger charge is -2.32.